The molecule has 0 N–H and O–H groups in total. The zero-order valence-electron chi connectivity index (χ0n) is 16.3. The van der Waals surface area contributed by atoms with Crippen LogP contribution >= 0.6 is 27.5 Å². The molecule has 0 bridgehead atoms. The Morgan fingerprint density at radius 2 is 1.83 bits per heavy atom. The Bertz CT molecular complexity index is 1180. The number of ether oxygens (including phenoxy) is 1. The van der Waals surface area contributed by atoms with Gasteiger partial charge in [-0.1, -0.05) is 35.9 Å². The Labute approximate surface area is 189 Å². The van der Waals surface area contributed by atoms with Gasteiger partial charge in [-0.25, -0.2) is 0 Å². The van der Waals surface area contributed by atoms with Gasteiger partial charge in [0.05, 0.1) is 16.8 Å². The van der Waals surface area contributed by atoms with Crippen LogP contribution in [0.3, 0.4) is 0 Å². The summed E-state index contributed by atoms with van der Waals surface area (Å²) in [6, 6.07) is 16.8. The maximum absolute atomic E-state index is 12.6. The number of halogens is 2. The summed E-state index contributed by atoms with van der Waals surface area (Å²) < 4.78 is 36.7. The lowest BCUT2D eigenvalue weighted by atomic mass is 10.2. The first-order chi connectivity index (χ1) is 14.3. The third kappa shape index (κ3) is 5.22. The van der Waals surface area contributed by atoms with Crippen LogP contribution in [0.1, 0.15) is 18.1 Å². The summed E-state index contributed by atoms with van der Waals surface area (Å²) >= 11 is 9.54. The van der Waals surface area contributed by atoms with Crippen LogP contribution in [0.2, 0.25) is 5.02 Å². The molecule has 0 radical (unpaired) electrons. The van der Waals surface area contributed by atoms with Crippen molar-refractivity contribution in [2.45, 2.75) is 18.7 Å². The molecule has 0 aliphatic carbocycles. The monoisotopic (exact) mass is 507 g/mol. The first kappa shape index (κ1) is 22.3. The molecule has 0 amide bonds. The van der Waals surface area contributed by atoms with E-state index in [0.717, 1.165) is 11.3 Å². The highest BCUT2D eigenvalue weighted by Gasteiger charge is 2.22. The first-order valence-corrected chi connectivity index (χ1v) is 11.6. The average Bonchev–Trinajstić information content (AvgIpc) is 2.72. The molecule has 0 saturated heterocycles. The summed E-state index contributed by atoms with van der Waals surface area (Å²) in [5.74, 6) is 0.368. The molecule has 3 aromatic carbocycles. The van der Waals surface area contributed by atoms with Gasteiger partial charge < -0.3 is 8.92 Å². The van der Waals surface area contributed by atoms with E-state index in [9.17, 15) is 8.42 Å². The van der Waals surface area contributed by atoms with E-state index in [0.29, 0.717) is 21.7 Å². The predicted molar refractivity (Wildman–Crippen MR) is 123 cm³/mol. The standard InChI is InChI=1S/C22H19BrClNO4S/c1-3-28-21-13-16(14-25-20-11-7-10-19(24)15(20)2)12-18(23)22(21)29-30(26,27)17-8-5-4-6-9-17/h4-14H,3H2,1-2H3. The molecule has 0 aliphatic rings. The van der Waals surface area contributed by atoms with Crippen LogP contribution in [-0.2, 0) is 10.1 Å². The summed E-state index contributed by atoms with van der Waals surface area (Å²) in [7, 11) is -4.01. The van der Waals surface area contributed by atoms with Gasteiger partial charge in [0.1, 0.15) is 4.90 Å². The first-order valence-electron chi connectivity index (χ1n) is 9.07. The molecule has 0 aromatic heterocycles. The number of nitrogens with zero attached hydrogens (tertiary/aromatic N) is 1. The maximum atomic E-state index is 12.6. The minimum Gasteiger partial charge on any atom is -0.490 e. The lowest BCUT2D eigenvalue weighted by Crippen LogP contribution is -2.11. The zero-order valence-corrected chi connectivity index (χ0v) is 19.5. The van der Waals surface area contributed by atoms with Gasteiger partial charge in [-0.2, -0.15) is 8.42 Å². The quantitative estimate of drug-likeness (QED) is 0.276. The van der Waals surface area contributed by atoms with Crippen molar-refractivity contribution in [3.63, 3.8) is 0 Å². The topological polar surface area (TPSA) is 65.0 Å². The Hall–Kier alpha value is -2.35. The van der Waals surface area contributed by atoms with Gasteiger partial charge in [0, 0.05) is 11.2 Å². The second kappa shape index (κ2) is 9.64. The molecule has 3 aromatic rings. The molecule has 8 heteroatoms. The summed E-state index contributed by atoms with van der Waals surface area (Å²) in [5.41, 5.74) is 2.31. The number of aliphatic imine (C=N–C) groups is 1. The molecule has 0 unspecified atom stereocenters. The largest absolute Gasteiger partial charge is 0.490 e. The van der Waals surface area contributed by atoms with Gasteiger partial charge in [-0.05, 0) is 77.3 Å². The molecule has 5 nitrogen and oxygen atoms in total. The van der Waals surface area contributed by atoms with Crippen LogP contribution in [0.25, 0.3) is 0 Å². The van der Waals surface area contributed by atoms with Crippen molar-refractivity contribution in [1.29, 1.82) is 0 Å². The van der Waals surface area contributed by atoms with Gasteiger partial charge in [-0.15, -0.1) is 0 Å². The minimum absolute atomic E-state index is 0.0569. The van der Waals surface area contributed by atoms with Crippen LogP contribution in [0.4, 0.5) is 5.69 Å². The fourth-order valence-corrected chi connectivity index (χ4v) is 4.43. The van der Waals surface area contributed by atoms with Gasteiger partial charge in [-0.3, -0.25) is 4.99 Å². The Balaban J connectivity index is 1.96. The van der Waals surface area contributed by atoms with Crippen LogP contribution in [0.15, 0.2) is 75.0 Å². The lowest BCUT2D eigenvalue weighted by molar-refractivity contribution is 0.327. The minimum atomic E-state index is -4.01. The molecule has 0 heterocycles. The van der Waals surface area contributed by atoms with E-state index in [-0.39, 0.29) is 16.4 Å². The third-order valence-electron chi connectivity index (χ3n) is 4.15. The van der Waals surface area contributed by atoms with E-state index in [1.165, 1.54) is 12.1 Å². The number of rotatable bonds is 7. The molecule has 0 spiro atoms. The van der Waals surface area contributed by atoms with Gasteiger partial charge >= 0.3 is 10.1 Å². The van der Waals surface area contributed by atoms with Gasteiger partial charge in [0.15, 0.2) is 11.5 Å². The van der Waals surface area contributed by atoms with Crippen molar-refractivity contribution in [2.75, 3.05) is 6.61 Å². The van der Waals surface area contributed by atoms with E-state index in [1.54, 1.807) is 49.5 Å². The van der Waals surface area contributed by atoms with Crippen molar-refractivity contribution >= 4 is 49.6 Å². The summed E-state index contributed by atoms with van der Waals surface area (Å²) in [6.07, 6.45) is 1.65. The van der Waals surface area contributed by atoms with Crippen molar-refractivity contribution < 1.29 is 17.3 Å². The van der Waals surface area contributed by atoms with Crippen molar-refractivity contribution in [3.8, 4) is 11.5 Å². The molecule has 0 saturated carbocycles. The maximum Gasteiger partial charge on any atom is 0.339 e. The molecular weight excluding hydrogens is 490 g/mol. The Morgan fingerprint density at radius 3 is 2.53 bits per heavy atom. The second-order valence-electron chi connectivity index (χ2n) is 6.26. The fraction of sp³-hybridized carbons (Fsp3) is 0.136. The molecule has 30 heavy (non-hydrogen) atoms. The second-order valence-corrected chi connectivity index (χ2v) is 9.06. The van der Waals surface area contributed by atoms with Crippen molar-refractivity contribution in [3.05, 3.63) is 81.3 Å². The summed E-state index contributed by atoms with van der Waals surface area (Å²) in [6.45, 7) is 4.03. The number of hydrogen-bond donors (Lipinski definition) is 0. The highest BCUT2D eigenvalue weighted by atomic mass is 79.9. The highest BCUT2D eigenvalue weighted by Crippen LogP contribution is 2.38. The van der Waals surface area contributed by atoms with Crippen LogP contribution < -0.4 is 8.92 Å². The summed E-state index contributed by atoms with van der Waals surface area (Å²) in [4.78, 5) is 4.54. The van der Waals surface area contributed by atoms with E-state index in [4.69, 9.17) is 20.5 Å². The van der Waals surface area contributed by atoms with E-state index < -0.39 is 10.1 Å². The normalized spacial score (nSPS) is 11.6. The average molecular weight is 509 g/mol. The molecule has 0 atom stereocenters. The smallest absolute Gasteiger partial charge is 0.339 e. The van der Waals surface area contributed by atoms with Crippen LogP contribution in [0, 0.1) is 6.92 Å². The lowest BCUT2D eigenvalue weighted by Gasteiger charge is -2.14. The number of benzene rings is 3. The van der Waals surface area contributed by atoms with E-state index in [1.807, 2.05) is 19.1 Å². The molecule has 0 fully saturated rings. The molecular formula is C22H19BrClNO4S. The Kier molecular flexibility index (Phi) is 7.18. The van der Waals surface area contributed by atoms with E-state index in [2.05, 4.69) is 20.9 Å². The molecule has 0 aliphatic heterocycles. The van der Waals surface area contributed by atoms with Crippen molar-refractivity contribution in [1.82, 2.24) is 0 Å². The van der Waals surface area contributed by atoms with Crippen LogP contribution in [0.5, 0.6) is 11.5 Å². The highest BCUT2D eigenvalue weighted by molar-refractivity contribution is 9.10. The van der Waals surface area contributed by atoms with Crippen molar-refractivity contribution in [2.24, 2.45) is 4.99 Å². The van der Waals surface area contributed by atoms with Gasteiger partial charge in [0.2, 0.25) is 0 Å². The SMILES string of the molecule is CCOc1cc(C=Nc2cccc(Cl)c2C)cc(Br)c1OS(=O)(=O)c1ccccc1. The fourth-order valence-electron chi connectivity index (χ4n) is 2.63. The zero-order chi connectivity index (χ0) is 21.7. The van der Waals surface area contributed by atoms with Crippen LogP contribution in [-0.4, -0.2) is 21.2 Å². The van der Waals surface area contributed by atoms with E-state index >= 15 is 0 Å². The Morgan fingerprint density at radius 1 is 1.10 bits per heavy atom. The van der Waals surface area contributed by atoms with Gasteiger partial charge in [0.25, 0.3) is 0 Å². The number of hydrogen-bond acceptors (Lipinski definition) is 5. The molecule has 3 rings (SSSR count). The molecule has 156 valence electrons. The predicted octanol–water partition coefficient (Wildman–Crippen LogP) is 6.33. The summed E-state index contributed by atoms with van der Waals surface area (Å²) in [5, 5.41) is 0.635. The third-order valence-corrected chi connectivity index (χ3v) is 6.38.